The van der Waals surface area contributed by atoms with Gasteiger partial charge in [-0.3, -0.25) is 16.2 Å². The number of nitrogens with zero attached hydrogens (tertiary/aromatic N) is 3. The maximum absolute atomic E-state index is 8.32. The van der Waals surface area contributed by atoms with Gasteiger partial charge >= 0.3 is 0 Å². The van der Waals surface area contributed by atoms with Gasteiger partial charge < -0.3 is 14.7 Å². The van der Waals surface area contributed by atoms with Crippen LogP contribution in [0.3, 0.4) is 0 Å². The predicted molar refractivity (Wildman–Crippen MR) is 89.0 cm³/mol. The summed E-state index contributed by atoms with van der Waals surface area (Å²) >= 11 is 0. The topological polar surface area (TPSA) is 81.0 Å². The summed E-state index contributed by atoms with van der Waals surface area (Å²) in [6, 6.07) is 0.819. The van der Waals surface area contributed by atoms with Crippen molar-refractivity contribution in [3.8, 4) is 0 Å². The highest BCUT2D eigenvalue weighted by atomic mass is 15.3. The number of likely N-dealkylation sites (tertiary alicyclic amines) is 2. The minimum absolute atomic E-state index is 0.389. The predicted octanol–water partition coefficient (Wildman–Crippen LogP) is 1.82. The molecule has 22 heavy (non-hydrogen) atoms. The Labute approximate surface area is 133 Å². The first kappa shape index (κ1) is 15.3. The molecule has 0 spiro atoms. The van der Waals surface area contributed by atoms with E-state index in [1.54, 1.807) is 0 Å². The average Bonchev–Trinajstić information content (AvgIpc) is 3.02. The largest absolute Gasteiger partial charge is 0.360 e. The van der Waals surface area contributed by atoms with Crippen molar-refractivity contribution < 1.29 is 0 Å². The molecule has 3 aliphatic heterocycles. The van der Waals surface area contributed by atoms with Crippen molar-refractivity contribution in [3.63, 3.8) is 0 Å². The standard InChI is InChI=1S/C16H28N6/c1-11-6-13(9-21(11)12(2)17)7-16(19)22-10-14(22)8-15(18)20-4-3-5-20/h11,13-14,17-19H,3-10H2,1-2H3. The molecule has 6 heteroatoms. The summed E-state index contributed by atoms with van der Waals surface area (Å²) in [5, 5.41) is 24.2. The maximum atomic E-state index is 8.32. The lowest BCUT2D eigenvalue weighted by Gasteiger charge is -2.33. The third kappa shape index (κ3) is 3.10. The Morgan fingerprint density at radius 2 is 1.73 bits per heavy atom. The van der Waals surface area contributed by atoms with E-state index in [9.17, 15) is 0 Å². The first-order valence-electron chi connectivity index (χ1n) is 8.44. The lowest BCUT2D eigenvalue weighted by Crippen LogP contribution is -2.42. The number of hydrogen-bond acceptors (Lipinski definition) is 3. The fraction of sp³-hybridized carbons (Fsp3) is 0.812. The highest BCUT2D eigenvalue weighted by Crippen LogP contribution is 2.30. The third-order valence-corrected chi connectivity index (χ3v) is 5.30. The fourth-order valence-corrected chi connectivity index (χ4v) is 3.77. The fourth-order valence-electron chi connectivity index (χ4n) is 3.77. The zero-order valence-corrected chi connectivity index (χ0v) is 13.7. The zero-order chi connectivity index (χ0) is 15.9. The molecule has 3 atom stereocenters. The lowest BCUT2D eigenvalue weighted by molar-refractivity contribution is 0.291. The van der Waals surface area contributed by atoms with Crippen molar-refractivity contribution in [2.75, 3.05) is 26.2 Å². The molecule has 122 valence electrons. The Bertz CT molecular complexity index is 483. The monoisotopic (exact) mass is 304 g/mol. The number of nitrogens with one attached hydrogen (secondary N) is 3. The molecular weight excluding hydrogens is 276 g/mol. The van der Waals surface area contributed by atoms with Crippen LogP contribution in [0.15, 0.2) is 0 Å². The molecule has 0 aromatic rings. The smallest absolute Gasteiger partial charge is 0.0979 e. The van der Waals surface area contributed by atoms with E-state index in [-0.39, 0.29) is 0 Å². The Hall–Kier alpha value is -1.59. The van der Waals surface area contributed by atoms with Crippen molar-refractivity contribution in [1.29, 1.82) is 16.2 Å². The van der Waals surface area contributed by atoms with Gasteiger partial charge in [0, 0.05) is 45.1 Å². The number of hydrogen-bond donors (Lipinski definition) is 3. The van der Waals surface area contributed by atoms with Gasteiger partial charge in [0.25, 0.3) is 0 Å². The van der Waals surface area contributed by atoms with Gasteiger partial charge in [0.2, 0.25) is 0 Å². The van der Waals surface area contributed by atoms with Crippen LogP contribution in [-0.4, -0.2) is 70.5 Å². The van der Waals surface area contributed by atoms with Crippen LogP contribution < -0.4 is 0 Å². The quantitative estimate of drug-likeness (QED) is 0.421. The maximum Gasteiger partial charge on any atom is 0.0979 e. The van der Waals surface area contributed by atoms with Gasteiger partial charge in [-0.15, -0.1) is 0 Å². The second-order valence-electron chi connectivity index (χ2n) is 7.14. The van der Waals surface area contributed by atoms with E-state index in [1.807, 2.05) is 6.92 Å². The van der Waals surface area contributed by atoms with E-state index < -0.39 is 0 Å². The van der Waals surface area contributed by atoms with Crippen LogP contribution in [-0.2, 0) is 0 Å². The molecule has 6 nitrogen and oxygen atoms in total. The number of rotatable bonds is 4. The molecule has 3 aliphatic rings. The molecular formula is C16H28N6. The molecule has 3 rings (SSSR count). The molecule has 0 aromatic carbocycles. The van der Waals surface area contributed by atoms with Crippen LogP contribution in [0, 0.1) is 22.1 Å². The zero-order valence-electron chi connectivity index (χ0n) is 13.7. The van der Waals surface area contributed by atoms with Crippen molar-refractivity contribution >= 4 is 17.5 Å². The van der Waals surface area contributed by atoms with Crippen LogP contribution in [0.4, 0.5) is 0 Å². The summed E-state index contributed by atoms with van der Waals surface area (Å²) in [4.78, 5) is 6.44. The van der Waals surface area contributed by atoms with Crippen molar-refractivity contribution in [2.24, 2.45) is 5.92 Å². The van der Waals surface area contributed by atoms with Gasteiger partial charge in [0.15, 0.2) is 0 Å². The molecule has 0 radical (unpaired) electrons. The van der Waals surface area contributed by atoms with E-state index in [2.05, 4.69) is 21.6 Å². The van der Waals surface area contributed by atoms with Crippen LogP contribution in [0.2, 0.25) is 0 Å². The van der Waals surface area contributed by atoms with Gasteiger partial charge in [0.05, 0.1) is 23.5 Å². The Morgan fingerprint density at radius 1 is 1.00 bits per heavy atom. The van der Waals surface area contributed by atoms with Crippen LogP contribution >= 0.6 is 0 Å². The van der Waals surface area contributed by atoms with E-state index in [4.69, 9.17) is 16.2 Å². The normalized spacial score (nSPS) is 30.3. The molecule has 3 heterocycles. The van der Waals surface area contributed by atoms with Gasteiger partial charge in [0.1, 0.15) is 0 Å². The Morgan fingerprint density at radius 3 is 2.27 bits per heavy atom. The van der Waals surface area contributed by atoms with Crippen molar-refractivity contribution in [3.05, 3.63) is 0 Å². The molecule has 3 N–H and O–H groups in total. The molecule has 0 aromatic heterocycles. The number of amidine groups is 3. The minimum atomic E-state index is 0.389. The van der Waals surface area contributed by atoms with E-state index >= 15 is 0 Å². The second kappa shape index (κ2) is 5.89. The van der Waals surface area contributed by atoms with Gasteiger partial charge in [-0.2, -0.15) is 0 Å². The van der Waals surface area contributed by atoms with E-state index in [0.717, 1.165) is 57.1 Å². The molecule has 0 saturated carbocycles. The first-order valence-corrected chi connectivity index (χ1v) is 8.44. The van der Waals surface area contributed by atoms with E-state index in [0.29, 0.717) is 23.8 Å². The third-order valence-electron chi connectivity index (χ3n) is 5.30. The van der Waals surface area contributed by atoms with Gasteiger partial charge in [-0.1, -0.05) is 0 Å². The summed E-state index contributed by atoms with van der Waals surface area (Å²) in [6.45, 7) is 7.98. The molecule has 3 saturated heterocycles. The second-order valence-corrected chi connectivity index (χ2v) is 7.14. The summed E-state index contributed by atoms with van der Waals surface area (Å²) in [5.41, 5.74) is 0. The lowest BCUT2D eigenvalue weighted by atomic mass is 10.0. The summed E-state index contributed by atoms with van der Waals surface area (Å²) in [5.74, 6) is 2.64. The minimum Gasteiger partial charge on any atom is -0.360 e. The van der Waals surface area contributed by atoms with E-state index in [1.165, 1.54) is 6.42 Å². The molecule has 0 bridgehead atoms. The van der Waals surface area contributed by atoms with Crippen molar-refractivity contribution in [2.45, 2.75) is 51.6 Å². The summed E-state index contributed by atoms with van der Waals surface area (Å²) < 4.78 is 0. The SMILES string of the molecule is CC(=N)N1CC(CC(=N)N2CC2CC(=N)N2CCC2)CC1C. The van der Waals surface area contributed by atoms with Crippen LogP contribution in [0.5, 0.6) is 0 Å². The van der Waals surface area contributed by atoms with Crippen molar-refractivity contribution in [1.82, 2.24) is 14.7 Å². The summed E-state index contributed by atoms with van der Waals surface area (Å²) in [6.07, 6.45) is 3.92. The summed E-state index contributed by atoms with van der Waals surface area (Å²) in [7, 11) is 0. The Kier molecular flexibility index (Phi) is 4.10. The molecule has 0 amide bonds. The highest BCUT2D eigenvalue weighted by Gasteiger charge is 2.39. The molecule has 3 unspecified atom stereocenters. The molecule has 3 fully saturated rings. The van der Waals surface area contributed by atoms with Crippen LogP contribution in [0.25, 0.3) is 0 Å². The van der Waals surface area contributed by atoms with Gasteiger partial charge in [-0.05, 0) is 32.6 Å². The molecule has 0 aliphatic carbocycles. The average molecular weight is 304 g/mol. The highest BCUT2D eigenvalue weighted by molar-refractivity contribution is 5.86. The van der Waals surface area contributed by atoms with Crippen LogP contribution in [0.1, 0.15) is 39.5 Å². The Balaban J connectivity index is 1.42. The first-order chi connectivity index (χ1) is 10.5. The van der Waals surface area contributed by atoms with Gasteiger partial charge in [-0.25, -0.2) is 0 Å².